The van der Waals surface area contributed by atoms with Gasteiger partial charge >= 0.3 is 0 Å². The highest BCUT2D eigenvalue weighted by molar-refractivity contribution is 8.34. The summed E-state index contributed by atoms with van der Waals surface area (Å²) in [6.45, 7) is 0. The van der Waals surface area contributed by atoms with Crippen molar-refractivity contribution in [3.8, 4) is 68.3 Å². The maximum atomic E-state index is 5.25. The van der Waals surface area contributed by atoms with Crippen molar-refractivity contribution in [2.45, 2.75) is 19.6 Å². The second kappa shape index (κ2) is 18.1. The molecule has 0 amide bonds. The molecule has 0 radical (unpaired) electrons. The van der Waals surface area contributed by atoms with Crippen LogP contribution in [0.4, 0.5) is 0 Å². The van der Waals surface area contributed by atoms with E-state index < -0.39 is 10.0 Å². The molecule has 7 heteroatoms. The molecule has 0 saturated heterocycles. The molecule has 0 unspecified atom stereocenters. The smallest absolute Gasteiger partial charge is 0.164 e. The lowest BCUT2D eigenvalue weighted by Gasteiger charge is -2.42. The zero-order valence-electron chi connectivity index (χ0n) is 37.3. The first kappa shape index (κ1) is 41.5. The highest BCUT2D eigenvalue weighted by Crippen LogP contribution is 2.73. The van der Waals surface area contributed by atoms with Gasteiger partial charge in [0.05, 0.1) is 0 Å². The van der Waals surface area contributed by atoms with Gasteiger partial charge in [0.25, 0.3) is 0 Å². The maximum absolute atomic E-state index is 5.25. The largest absolute Gasteiger partial charge is 0.208 e. The molecule has 12 aromatic rings. The second-order valence-electron chi connectivity index (χ2n) is 16.8. The minimum absolute atomic E-state index is 0.594. The molecule has 0 bridgehead atoms. The Labute approximate surface area is 402 Å². The Morgan fingerprint density at radius 3 is 0.841 bits per heavy atom. The zero-order valence-corrected chi connectivity index (χ0v) is 38.2. The quantitative estimate of drug-likeness (QED) is 0.136. The van der Waals surface area contributed by atoms with Gasteiger partial charge in [-0.1, -0.05) is 194 Å². The molecular weight excluding hydrogens is 861 g/mol. The summed E-state index contributed by atoms with van der Waals surface area (Å²) in [6, 6.07) is 89.1. The molecule has 0 N–H and O–H groups in total. The molecule has 0 spiro atoms. The van der Waals surface area contributed by atoms with Crippen LogP contribution < -0.4 is 0 Å². The van der Waals surface area contributed by atoms with Gasteiger partial charge in [-0.3, -0.25) is 0 Å². The third-order valence-corrected chi connectivity index (χ3v) is 16.3. The molecule has 0 aliphatic rings. The minimum Gasteiger partial charge on any atom is -0.208 e. The summed E-state index contributed by atoms with van der Waals surface area (Å²) in [6.07, 6.45) is 0. The van der Waals surface area contributed by atoms with Crippen molar-refractivity contribution >= 4 is 31.6 Å². The lowest BCUT2D eigenvalue weighted by atomic mass is 10.1. The predicted molar refractivity (Wildman–Crippen MR) is 281 cm³/mol. The zero-order chi connectivity index (χ0) is 46.0. The number of benzene rings is 10. The van der Waals surface area contributed by atoms with Gasteiger partial charge in [0.1, 0.15) is 0 Å². The van der Waals surface area contributed by atoms with Crippen LogP contribution >= 0.6 is 10.0 Å². The fraction of sp³-hybridized carbons (Fsp3) is 0. The van der Waals surface area contributed by atoms with Crippen LogP contribution in [0, 0.1) is 0 Å². The monoisotopic (exact) mass is 902 g/mol. The molecule has 326 valence electrons. The van der Waals surface area contributed by atoms with Crippen molar-refractivity contribution in [2.75, 3.05) is 0 Å². The predicted octanol–water partition coefficient (Wildman–Crippen LogP) is 15.7. The first-order chi connectivity index (χ1) is 34.2. The molecule has 2 aromatic heterocycles. The van der Waals surface area contributed by atoms with E-state index >= 15 is 0 Å². The molecular formula is C62H42N6S. The van der Waals surface area contributed by atoms with Crippen LogP contribution in [0.1, 0.15) is 0 Å². The Morgan fingerprint density at radius 2 is 0.464 bits per heavy atom. The Balaban J connectivity index is 1.06. The van der Waals surface area contributed by atoms with Crippen LogP contribution in [0.3, 0.4) is 0 Å². The van der Waals surface area contributed by atoms with Crippen LogP contribution in [0.25, 0.3) is 89.9 Å². The molecule has 6 nitrogen and oxygen atoms in total. The molecule has 10 aromatic carbocycles. The van der Waals surface area contributed by atoms with E-state index in [1.165, 1.54) is 9.79 Å². The van der Waals surface area contributed by atoms with Crippen LogP contribution in [-0.2, 0) is 0 Å². The van der Waals surface area contributed by atoms with Crippen LogP contribution in [-0.4, -0.2) is 29.9 Å². The van der Waals surface area contributed by atoms with Crippen molar-refractivity contribution in [2.24, 2.45) is 0 Å². The van der Waals surface area contributed by atoms with Crippen LogP contribution in [0.2, 0.25) is 0 Å². The summed E-state index contributed by atoms with van der Waals surface area (Å²) in [4.78, 5) is 35.7. The van der Waals surface area contributed by atoms with Gasteiger partial charge in [-0.05, 0) is 82.2 Å². The van der Waals surface area contributed by atoms with Crippen molar-refractivity contribution in [3.05, 3.63) is 255 Å². The number of nitrogens with zero attached hydrogens (tertiary/aromatic N) is 6. The van der Waals surface area contributed by atoms with Crippen molar-refractivity contribution in [3.63, 3.8) is 0 Å². The van der Waals surface area contributed by atoms with E-state index in [1.807, 2.05) is 60.7 Å². The Morgan fingerprint density at radius 1 is 0.188 bits per heavy atom. The molecule has 0 saturated carbocycles. The van der Waals surface area contributed by atoms with E-state index in [0.717, 1.165) is 64.7 Å². The molecule has 12 rings (SSSR count). The lowest BCUT2D eigenvalue weighted by Crippen LogP contribution is -2.06. The summed E-state index contributed by atoms with van der Waals surface area (Å²) in [5, 5.41) is 4.57. The summed E-state index contributed by atoms with van der Waals surface area (Å²) in [5.74, 6) is 3.64. The topological polar surface area (TPSA) is 77.3 Å². The van der Waals surface area contributed by atoms with E-state index in [1.54, 1.807) is 0 Å². The van der Waals surface area contributed by atoms with E-state index in [2.05, 4.69) is 194 Å². The maximum Gasteiger partial charge on any atom is 0.164 e. The summed E-state index contributed by atoms with van der Waals surface area (Å²) < 4.78 is 0. The van der Waals surface area contributed by atoms with Crippen molar-refractivity contribution in [1.29, 1.82) is 0 Å². The number of hydrogen-bond donors (Lipinski definition) is 0. The number of aromatic nitrogens is 6. The van der Waals surface area contributed by atoms with Crippen LogP contribution in [0.5, 0.6) is 0 Å². The first-order valence-corrected chi connectivity index (χ1v) is 24.5. The average Bonchev–Trinajstić information content (AvgIpc) is 3.44. The van der Waals surface area contributed by atoms with E-state index in [-0.39, 0.29) is 0 Å². The summed E-state index contributed by atoms with van der Waals surface area (Å²) >= 11 is 0. The van der Waals surface area contributed by atoms with Crippen molar-refractivity contribution < 1.29 is 0 Å². The normalized spacial score (nSPS) is 11.7. The Hall–Kier alpha value is -8.91. The molecule has 0 fully saturated rings. The first-order valence-electron chi connectivity index (χ1n) is 22.9. The fourth-order valence-electron chi connectivity index (χ4n) is 9.07. The molecule has 0 atom stereocenters. The van der Waals surface area contributed by atoms with Gasteiger partial charge < -0.3 is 0 Å². The molecule has 2 heterocycles. The second-order valence-corrected chi connectivity index (χ2v) is 19.9. The van der Waals surface area contributed by atoms with Crippen molar-refractivity contribution in [1.82, 2.24) is 29.9 Å². The van der Waals surface area contributed by atoms with Crippen LogP contribution in [0.15, 0.2) is 274 Å². The van der Waals surface area contributed by atoms with E-state index in [9.17, 15) is 0 Å². The van der Waals surface area contributed by atoms with Gasteiger partial charge in [0.2, 0.25) is 0 Å². The van der Waals surface area contributed by atoms with Gasteiger partial charge in [-0.2, -0.15) is 0 Å². The Bertz CT molecular complexity index is 3540. The van der Waals surface area contributed by atoms with E-state index in [4.69, 9.17) is 29.9 Å². The number of hydrogen-bond acceptors (Lipinski definition) is 6. The lowest BCUT2D eigenvalue weighted by molar-refractivity contribution is 1.07. The average molecular weight is 903 g/mol. The number of rotatable bonds is 10. The molecule has 0 aliphatic heterocycles. The molecule has 69 heavy (non-hydrogen) atoms. The standard InChI is InChI=1S/C62H42N6S/c1-5-21-45(22-6-1)57-63-59(67-61(65-57)51-37-35-43-19-13-15-25-47(43)39-51)49-27-17-33-55(41-49)69(53-29-9-3-10-30-53,54-31-11-4-12-32-54)56-34-18-28-50(42-56)60-64-58(46-23-7-2-8-24-46)66-62(68-60)52-38-36-44-20-14-16-26-48(44)40-52/h1-42H. The molecule has 0 aliphatic carbocycles. The van der Waals surface area contributed by atoms with Gasteiger partial charge in [0.15, 0.2) is 34.9 Å². The van der Waals surface area contributed by atoms with Gasteiger partial charge in [0, 0.05) is 53.0 Å². The Kier molecular flexibility index (Phi) is 10.9. The van der Waals surface area contributed by atoms with Gasteiger partial charge in [-0.25, -0.2) is 29.9 Å². The summed E-state index contributed by atoms with van der Waals surface area (Å²) in [7, 11) is -2.21. The number of fused-ring (bicyclic) bond motifs is 2. The van der Waals surface area contributed by atoms with Gasteiger partial charge in [-0.15, -0.1) is 10.0 Å². The third-order valence-electron chi connectivity index (χ3n) is 12.4. The van der Waals surface area contributed by atoms with E-state index in [0.29, 0.717) is 34.9 Å². The highest BCUT2D eigenvalue weighted by Gasteiger charge is 2.34. The third kappa shape index (κ3) is 8.01. The highest BCUT2D eigenvalue weighted by atomic mass is 32.3. The fourth-order valence-corrected chi connectivity index (χ4v) is 13.0. The SMILES string of the molecule is c1ccc(-c2nc(-c3cccc(S(c4ccccc4)(c4ccccc4)c4cccc(-c5nc(-c6ccccc6)nc(-c6ccc7ccccc7c6)n5)c4)c3)nc(-c3ccc4ccccc4c3)n2)cc1. The minimum atomic E-state index is -2.21. The summed E-state index contributed by atoms with van der Waals surface area (Å²) in [5.41, 5.74) is 5.46.